The lowest BCUT2D eigenvalue weighted by atomic mass is 10.1. The average molecular weight is 336 g/mol. The van der Waals surface area contributed by atoms with E-state index in [2.05, 4.69) is 5.32 Å². The number of nitrogens with zero attached hydrogens (tertiary/aromatic N) is 1. The van der Waals surface area contributed by atoms with Crippen LogP contribution in [0.25, 0.3) is 6.08 Å². The Balaban J connectivity index is 1.95. The molecule has 0 unspecified atom stereocenters. The van der Waals surface area contributed by atoms with E-state index in [1.54, 1.807) is 13.1 Å². The molecular weight excluding hydrogens is 312 g/mol. The van der Waals surface area contributed by atoms with Crippen molar-refractivity contribution in [2.75, 3.05) is 18.9 Å². The molecule has 0 aliphatic carbocycles. The van der Waals surface area contributed by atoms with Crippen molar-refractivity contribution in [3.8, 4) is 0 Å². The Hall–Kier alpha value is -2.88. The molecule has 2 aromatic carbocycles. The summed E-state index contributed by atoms with van der Waals surface area (Å²) in [6.07, 6.45) is 3.27. The van der Waals surface area contributed by atoms with E-state index in [0.29, 0.717) is 0 Å². The molecule has 0 atom stereocenters. The van der Waals surface area contributed by atoms with Gasteiger partial charge in [-0.1, -0.05) is 36.4 Å². The summed E-state index contributed by atoms with van der Waals surface area (Å²) in [5, 5.41) is 2.86. The molecule has 0 aliphatic heterocycles. The van der Waals surface area contributed by atoms with Crippen molar-refractivity contribution in [1.82, 2.24) is 4.90 Å². The number of aryl methyl sites for hydroxylation is 2. The van der Waals surface area contributed by atoms with E-state index < -0.39 is 0 Å². The van der Waals surface area contributed by atoms with Crippen LogP contribution in [0.4, 0.5) is 5.69 Å². The molecular formula is C21H24N2O2. The summed E-state index contributed by atoms with van der Waals surface area (Å²) < 4.78 is 0. The number of rotatable bonds is 5. The van der Waals surface area contributed by atoms with Crippen molar-refractivity contribution >= 4 is 23.6 Å². The maximum Gasteiger partial charge on any atom is 0.246 e. The van der Waals surface area contributed by atoms with Gasteiger partial charge < -0.3 is 10.2 Å². The van der Waals surface area contributed by atoms with Crippen LogP contribution in [-0.4, -0.2) is 30.3 Å². The highest BCUT2D eigenvalue weighted by Crippen LogP contribution is 2.17. The van der Waals surface area contributed by atoms with Gasteiger partial charge in [-0.15, -0.1) is 0 Å². The monoisotopic (exact) mass is 336 g/mol. The van der Waals surface area contributed by atoms with Gasteiger partial charge in [-0.3, -0.25) is 9.59 Å². The van der Waals surface area contributed by atoms with Gasteiger partial charge in [0.25, 0.3) is 0 Å². The van der Waals surface area contributed by atoms with Gasteiger partial charge in [0.05, 0.1) is 6.54 Å². The molecule has 2 aromatic rings. The van der Waals surface area contributed by atoms with Gasteiger partial charge >= 0.3 is 0 Å². The van der Waals surface area contributed by atoms with Gasteiger partial charge in [0.15, 0.2) is 0 Å². The summed E-state index contributed by atoms with van der Waals surface area (Å²) in [7, 11) is 1.62. The highest BCUT2D eigenvalue weighted by molar-refractivity contribution is 5.98. The Labute approximate surface area is 149 Å². The molecule has 0 aromatic heterocycles. The molecule has 0 saturated carbocycles. The van der Waals surface area contributed by atoms with Gasteiger partial charge in [-0.05, 0) is 55.2 Å². The molecule has 0 heterocycles. The third kappa shape index (κ3) is 5.05. The van der Waals surface area contributed by atoms with Crippen molar-refractivity contribution in [2.24, 2.45) is 0 Å². The number of likely N-dealkylation sites (N-methyl/N-ethyl adjacent to an activating group) is 1. The highest BCUT2D eigenvalue weighted by atomic mass is 16.2. The van der Waals surface area contributed by atoms with E-state index in [-0.39, 0.29) is 18.4 Å². The van der Waals surface area contributed by atoms with Gasteiger partial charge in [-0.25, -0.2) is 0 Å². The largest absolute Gasteiger partial charge is 0.333 e. The smallest absolute Gasteiger partial charge is 0.246 e. The minimum absolute atomic E-state index is 0.00429. The van der Waals surface area contributed by atoms with Crippen LogP contribution in [0.15, 0.2) is 48.5 Å². The first-order valence-corrected chi connectivity index (χ1v) is 8.23. The van der Waals surface area contributed by atoms with Crippen LogP contribution < -0.4 is 5.32 Å². The maximum absolute atomic E-state index is 12.2. The lowest BCUT2D eigenvalue weighted by molar-refractivity contribution is -0.129. The SMILES string of the molecule is Cc1ccccc1/C=C/C(=O)N(C)CC(=O)Nc1cccc(C)c1C. The number of carbonyl (C=O) groups is 2. The number of anilines is 1. The molecule has 0 spiro atoms. The molecule has 25 heavy (non-hydrogen) atoms. The summed E-state index contributed by atoms with van der Waals surface area (Å²) in [6.45, 7) is 5.96. The Morgan fingerprint density at radius 2 is 1.68 bits per heavy atom. The fraction of sp³-hybridized carbons (Fsp3) is 0.238. The lowest BCUT2D eigenvalue weighted by Gasteiger charge is -2.16. The second kappa shape index (κ2) is 8.29. The second-order valence-corrected chi connectivity index (χ2v) is 6.18. The zero-order valence-electron chi connectivity index (χ0n) is 15.2. The van der Waals surface area contributed by atoms with Gasteiger partial charge in [0, 0.05) is 18.8 Å². The van der Waals surface area contributed by atoms with E-state index in [4.69, 9.17) is 0 Å². The first kappa shape index (κ1) is 18.5. The molecule has 0 radical (unpaired) electrons. The van der Waals surface area contributed by atoms with Crippen LogP contribution in [-0.2, 0) is 9.59 Å². The van der Waals surface area contributed by atoms with Crippen molar-refractivity contribution < 1.29 is 9.59 Å². The number of nitrogens with one attached hydrogen (secondary N) is 1. The van der Waals surface area contributed by atoms with Crippen LogP contribution in [0, 0.1) is 20.8 Å². The summed E-state index contributed by atoms with van der Waals surface area (Å²) >= 11 is 0. The normalized spacial score (nSPS) is 10.7. The first-order valence-electron chi connectivity index (χ1n) is 8.23. The van der Waals surface area contributed by atoms with E-state index in [1.807, 2.05) is 63.2 Å². The van der Waals surface area contributed by atoms with Gasteiger partial charge in [-0.2, -0.15) is 0 Å². The predicted molar refractivity (Wildman–Crippen MR) is 102 cm³/mol. The molecule has 130 valence electrons. The van der Waals surface area contributed by atoms with Crippen LogP contribution in [0.5, 0.6) is 0 Å². The predicted octanol–water partition coefficient (Wildman–Crippen LogP) is 3.72. The van der Waals surface area contributed by atoms with Crippen molar-refractivity contribution in [3.63, 3.8) is 0 Å². The van der Waals surface area contributed by atoms with Gasteiger partial charge in [0.2, 0.25) is 11.8 Å². The summed E-state index contributed by atoms with van der Waals surface area (Å²) in [5.74, 6) is -0.423. The standard InChI is InChI=1S/C21H24N2O2/c1-15-9-7-11-19(17(15)3)22-20(24)14-23(4)21(25)13-12-18-10-6-5-8-16(18)2/h5-13H,14H2,1-4H3,(H,22,24)/b13-12+. The lowest BCUT2D eigenvalue weighted by Crippen LogP contribution is -2.34. The molecule has 2 amide bonds. The van der Waals surface area contributed by atoms with E-state index in [1.165, 1.54) is 11.0 Å². The number of hydrogen-bond donors (Lipinski definition) is 1. The number of hydrogen-bond acceptors (Lipinski definition) is 2. The molecule has 0 bridgehead atoms. The third-order valence-corrected chi connectivity index (χ3v) is 4.23. The Kier molecular flexibility index (Phi) is 6.12. The van der Waals surface area contributed by atoms with Crippen molar-refractivity contribution in [3.05, 3.63) is 70.8 Å². The average Bonchev–Trinajstić information content (AvgIpc) is 2.58. The van der Waals surface area contributed by atoms with E-state index in [9.17, 15) is 9.59 Å². The van der Waals surface area contributed by atoms with Crippen LogP contribution in [0.2, 0.25) is 0 Å². The molecule has 4 nitrogen and oxygen atoms in total. The summed E-state index contributed by atoms with van der Waals surface area (Å²) in [4.78, 5) is 25.8. The minimum Gasteiger partial charge on any atom is -0.333 e. The molecule has 1 N–H and O–H groups in total. The quantitative estimate of drug-likeness (QED) is 0.846. The zero-order chi connectivity index (χ0) is 18.4. The molecule has 2 rings (SSSR count). The number of amides is 2. The Morgan fingerprint density at radius 3 is 2.40 bits per heavy atom. The molecule has 0 aliphatic rings. The summed E-state index contributed by atoms with van der Waals surface area (Å²) in [6, 6.07) is 13.6. The van der Waals surface area contributed by atoms with Crippen molar-refractivity contribution in [1.29, 1.82) is 0 Å². The first-order chi connectivity index (χ1) is 11.9. The van der Waals surface area contributed by atoms with E-state index in [0.717, 1.165) is 27.9 Å². The maximum atomic E-state index is 12.2. The zero-order valence-corrected chi connectivity index (χ0v) is 15.2. The Morgan fingerprint density at radius 1 is 1.00 bits per heavy atom. The minimum atomic E-state index is -0.214. The fourth-order valence-electron chi connectivity index (χ4n) is 2.43. The van der Waals surface area contributed by atoms with E-state index >= 15 is 0 Å². The fourth-order valence-corrected chi connectivity index (χ4v) is 2.43. The topological polar surface area (TPSA) is 49.4 Å². The summed E-state index contributed by atoms with van der Waals surface area (Å²) in [5.41, 5.74) is 5.01. The molecule has 4 heteroatoms. The highest BCUT2D eigenvalue weighted by Gasteiger charge is 2.12. The van der Waals surface area contributed by atoms with Crippen LogP contribution >= 0.6 is 0 Å². The number of benzene rings is 2. The molecule has 0 fully saturated rings. The Bertz CT molecular complexity index is 809. The third-order valence-electron chi connectivity index (χ3n) is 4.23. The second-order valence-electron chi connectivity index (χ2n) is 6.18. The van der Waals surface area contributed by atoms with Crippen LogP contribution in [0.3, 0.4) is 0 Å². The van der Waals surface area contributed by atoms with Crippen LogP contribution in [0.1, 0.15) is 22.3 Å². The number of carbonyl (C=O) groups excluding carboxylic acids is 2. The van der Waals surface area contributed by atoms with Gasteiger partial charge in [0.1, 0.15) is 0 Å². The van der Waals surface area contributed by atoms with Crippen molar-refractivity contribution in [2.45, 2.75) is 20.8 Å². The molecule has 0 saturated heterocycles.